The van der Waals surface area contributed by atoms with Crippen molar-refractivity contribution in [1.82, 2.24) is 4.98 Å². The zero-order valence-corrected chi connectivity index (χ0v) is 13.6. The maximum atomic E-state index is 12.2. The third kappa shape index (κ3) is 3.59. The Kier molecular flexibility index (Phi) is 4.54. The van der Waals surface area contributed by atoms with E-state index in [4.69, 9.17) is 10.00 Å². The SMILES string of the molecule is Cc1ccsc1C(=O)Nc1ccc(Oc2cccc(C#N)n2)cc1. The van der Waals surface area contributed by atoms with Crippen LogP contribution in [0.15, 0.2) is 53.9 Å². The predicted octanol–water partition coefficient (Wildman–Crippen LogP) is 4.37. The Morgan fingerprint density at radius 1 is 1.21 bits per heavy atom. The minimum Gasteiger partial charge on any atom is -0.439 e. The first-order chi connectivity index (χ1) is 11.7. The molecule has 118 valence electrons. The van der Waals surface area contributed by atoms with E-state index < -0.39 is 0 Å². The number of nitrogens with zero attached hydrogens (tertiary/aromatic N) is 2. The number of amides is 1. The van der Waals surface area contributed by atoms with Crippen LogP contribution in [-0.4, -0.2) is 10.9 Å². The molecule has 3 aromatic rings. The first-order valence-electron chi connectivity index (χ1n) is 7.16. The molecule has 0 radical (unpaired) electrons. The van der Waals surface area contributed by atoms with Gasteiger partial charge >= 0.3 is 0 Å². The Morgan fingerprint density at radius 3 is 2.67 bits per heavy atom. The first kappa shape index (κ1) is 15.7. The number of nitrogens with one attached hydrogen (secondary N) is 1. The number of aromatic nitrogens is 1. The number of pyridine rings is 1. The number of benzene rings is 1. The molecule has 0 aliphatic heterocycles. The van der Waals surface area contributed by atoms with Crippen molar-refractivity contribution in [3.05, 3.63) is 70.0 Å². The predicted molar refractivity (Wildman–Crippen MR) is 92.5 cm³/mol. The molecule has 2 aromatic heterocycles. The number of ether oxygens (including phenoxy) is 1. The van der Waals surface area contributed by atoms with Crippen molar-refractivity contribution in [3.63, 3.8) is 0 Å². The topological polar surface area (TPSA) is 75.0 Å². The number of hydrogen-bond acceptors (Lipinski definition) is 5. The second-order valence-corrected chi connectivity index (χ2v) is 5.90. The summed E-state index contributed by atoms with van der Waals surface area (Å²) in [5.74, 6) is 0.794. The molecule has 1 N–H and O–H groups in total. The summed E-state index contributed by atoms with van der Waals surface area (Å²) in [6.45, 7) is 1.91. The first-order valence-corrected chi connectivity index (χ1v) is 8.04. The van der Waals surface area contributed by atoms with Gasteiger partial charge in [-0.3, -0.25) is 4.79 Å². The number of aryl methyl sites for hydroxylation is 1. The van der Waals surface area contributed by atoms with E-state index in [1.54, 1.807) is 42.5 Å². The summed E-state index contributed by atoms with van der Waals surface area (Å²) in [5, 5.41) is 13.6. The monoisotopic (exact) mass is 335 g/mol. The van der Waals surface area contributed by atoms with E-state index in [1.165, 1.54) is 11.3 Å². The van der Waals surface area contributed by atoms with Crippen molar-refractivity contribution in [2.45, 2.75) is 6.92 Å². The van der Waals surface area contributed by atoms with Gasteiger partial charge in [0.25, 0.3) is 5.91 Å². The fourth-order valence-corrected chi connectivity index (χ4v) is 2.87. The van der Waals surface area contributed by atoms with E-state index in [0.717, 1.165) is 5.56 Å². The van der Waals surface area contributed by atoms with E-state index in [2.05, 4.69) is 10.3 Å². The maximum Gasteiger partial charge on any atom is 0.265 e. The average molecular weight is 335 g/mol. The molecule has 0 aliphatic carbocycles. The van der Waals surface area contributed by atoms with Crippen molar-refractivity contribution in [1.29, 1.82) is 5.26 Å². The van der Waals surface area contributed by atoms with Crippen molar-refractivity contribution in [3.8, 4) is 17.7 Å². The van der Waals surface area contributed by atoms with Crippen LogP contribution in [0.1, 0.15) is 20.9 Å². The standard InChI is InChI=1S/C18H13N3O2S/c1-12-9-10-24-17(12)18(22)21-13-5-7-15(8-6-13)23-16-4-2-3-14(11-19)20-16/h2-10H,1H3,(H,21,22). The van der Waals surface area contributed by atoms with Crippen LogP contribution >= 0.6 is 11.3 Å². The van der Waals surface area contributed by atoms with Crippen LogP contribution in [0, 0.1) is 18.3 Å². The highest BCUT2D eigenvalue weighted by atomic mass is 32.1. The third-order valence-electron chi connectivity index (χ3n) is 3.24. The second kappa shape index (κ2) is 6.94. The van der Waals surface area contributed by atoms with Crippen molar-refractivity contribution < 1.29 is 9.53 Å². The largest absolute Gasteiger partial charge is 0.439 e. The maximum absolute atomic E-state index is 12.2. The summed E-state index contributed by atoms with van der Waals surface area (Å²) in [5.41, 5.74) is 1.93. The van der Waals surface area contributed by atoms with Crippen LogP contribution in [0.5, 0.6) is 11.6 Å². The number of hydrogen-bond donors (Lipinski definition) is 1. The van der Waals surface area contributed by atoms with Gasteiger partial charge in [0.15, 0.2) is 0 Å². The van der Waals surface area contributed by atoms with Crippen LogP contribution in [0.25, 0.3) is 0 Å². The Morgan fingerprint density at radius 2 is 2.00 bits per heavy atom. The number of carbonyl (C=O) groups is 1. The van der Waals surface area contributed by atoms with E-state index in [0.29, 0.717) is 27.9 Å². The summed E-state index contributed by atoms with van der Waals surface area (Å²) in [4.78, 5) is 16.9. The number of thiophene rings is 1. The molecule has 0 bridgehead atoms. The number of anilines is 1. The van der Waals surface area contributed by atoms with Gasteiger partial charge in [0, 0.05) is 11.8 Å². The van der Waals surface area contributed by atoms with E-state index in [-0.39, 0.29) is 5.91 Å². The molecule has 1 amide bonds. The van der Waals surface area contributed by atoms with Crippen LogP contribution < -0.4 is 10.1 Å². The minimum atomic E-state index is -0.125. The molecule has 0 saturated carbocycles. The lowest BCUT2D eigenvalue weighted by Gasteiger charge is -2.07. The van der Waals surface area contributed by atoms with Crippen molar-refractivity contribution in [2.24, 2.45) is 0 Å². The molecule has 5 nitrogen and oxygen atoms in total. The Hall–Kier alpha value is -3.17. The molecule has 1 aromatic carbocycles. The molecule has 0 fully saturated rings. The fourth-order valence-electron chi connectivity index (χ4n) is 2.05. The van der Waals surface area contributed by atoms with Gasteiger partial charge in [0.2, 0.25) is 5.88 Å². The molecule has 0 saturated heterocycles. The van der Waals surface area contributed by atoms with E-state index in [9.17, 15) is 4.79 Å². The number of carbonyl (C=O) groups excluding carboxylic acids is 1. The summed E-state index contributed by atoms with van der Waals surface area (Å²) in [7, 11) is 0. The highest BCUT2D eigenvalue weighted by Gasteiger charge is 2.10. The highest BCUT2D eigenvalue weighted by molar-refractivity contribution is 7.12. The highest BCUT2D eigenvalue weighted by Crippen LogP contribution is 2.23. The second-order valence-electron chi connectivity index (χ2n) is 4.99. The zero-order valence-electron chi connectivity index (χ0n) is 12.8. The Balaban J connectivity index is 1.68. The van der Waals surface area contributed by atoms with E-state index >= 15 is 0 Å². The lowest BCUT2D eigenvalue weighted by Crippen LogP contribution is -2.11. The molecule has 2 heterocycles. The lowest BCUT2D eigenvalue weighted by molar-refractivity contribution is 0.103. The minimum absolute atomic E-state index is 0.125. The summed E-state index contributed by atoms with van der Waals surface area (Å²) in [6.07, 6.45) is 0. The lowest BCUT2D eigenvalue weighted by atomic mass is 10.2. The molecule has 0 atom stereocenters. The molecule has 0 aliphatic rings. The van der Waals surface area contributed by atoms with Crippen LogP contribution in [-0.2, 0) is 0 Å². The summed E-state index contributed by atoms with van der Waals surface area (Å²) < 4.78 is 5.60. The third-order valence-corrected chi connectivity index (χ3v) is 4.26. The van der Waals surface area contributed by atoms with Crippen LogP contribution in [0.4, 0.5) is 5.69 Å². The Labute approximate surface area is 143 Å². The summed E-state index contributed by atoms with van der Waals surface area (Å²) in [6, 6.07) is 15.8. The number of rotatable bonds is 4. The average Bonchev–Trinajstić information content (AvgIpc) is 3.03. The molecular formula is C18H13N3O2S. The van der Waals surface area contributed by atoms with Gasteiger partial charge in [0.05, 0.1) is 4.88 Å². The fraction of sp³-hybridized carbons (Fsp3) is 0.0556. The number of nitriles is 1. The van der Waals surface area contributed by atoms with Crippen LogP contribution in [0.2, 0.25) is 0 Å². The normalized spacial score (nSPS) is 10.0. The van der Waals surface area contributed by atoms with E-state index in [1.807, 2.05) is 24.4 Å². The smallest absolute Gasteiger partial charge is 0.265 e. The summed E-state index contributed by atoms with van der Waals surface area (Å²) >= 11 is 1.41. The van der Waals surface area contributed by atoms with Gasteiger partial charge in [-0.05, 0) is 54.3 Å². The molecule has 0 unspecified atom stereocenters. The van der Waals surface area contributed by atoms with Crippen LogP contribution in [0.3, 0.4) is 0 Å². The molecule has 24 heavy (non-hydrogen) atoms. The van der Waals surface area contributed by atoms with Gasteiger partial charge in [-0.2, -0.15) is 5.26 Å². The molecule has 0 spiro atoms. The quantitative estimate of drug-likeness (QED) is 0.768. The van der Waals surface area contributed by atoms with Gasteiger partial charge in [-0.25, -0.2) is 4.98 Å². The van der Waals surface area contributed by atoms with Gasteiger partial charge < -0.3 is 10.1 Å². The van der Waals surface area contributed by atoms with Crippen molar-refractivity contribution >= 4 is 22.9 Å². The molecule has 6 heteroatoms. The van der Waals surface area contributed by atoms with Crippen molar-refractivity contribution in [2.75, 3.05) is 5.32 Å². The Bertz CT molecular complexity index is 911. The van der Waals surface area contributed by atoms with Gasteiger partial charge in [-0.15, -0.1) is 11.3 Å². The molecule has 3 rings (SSSR count). The molecular weight excluding hydrogens is 322 g/mol. The van der Waals surface area contributed by atoms with Gasteiger partial charge in [-0.1, -0.05) is 6.07 Å². The van der Waals surface area contributed by atoms with Gasteiger partial charge in [0.1, 0.15) is 17.5 Å². The zero-order chi connectivity index (χ0) is 16.9.